The smallest absolute Gasteiger partial charge is 0.119 e. The number of nitrogens with two attached hydrogens (primary N) is 1. The Hall–Kier alpha value is -1.15. The van der Waals surface area contributed by atoms with E-state index in [4.69, 9.17) is 10.5 Å². The average molecular weight is 304 g/mol. The predicted octanol–water partition coefficient (Wildman–Crippen LogP) is 2.33. The molecule has 1 heterocycles. The van der Waals surface area contributed by atoms with Crippen LogP contribution in [0.2, 0.25) is 0 Å². The van der Waals surface area contributed by atoms with E-state index in [1.165, 1.54) is 11.3 Å². The summed E-state index contributed by atoms with van der Waals surface area (Å²) in [7, 11) is 1.70. The van der Waals surface area contributed by atoms with Crippen LogP contribution in [-0.2, 0) is 6.54 Å². The number of hydrogen-bond donors (Lipinski definition) is 1. The molecule has 0 aromatic heterocycles. The molecular weight excluding hydrogens is 280 g/mol. The second-order valence-corrected chi connectivity index (χ2v) is 7.65. The minimum absolute atomic E-state index is 0.320. The van der Waals surface area contributed by atoms with E-state index in [2.05, 4.69) is 36.7 Å². The number of methoxy groups -OCH3 is 1. The molecule has 1 aliphatic rings. The third-order valence-corrected chi connectivity index (χ3v) is 4.83. The lowest BCUT2D eigenvalue weighted by atomic mass is 10.1. The van der Waals surface area contributed by atoms with Gasteiger partial charge in [0.2, 0.25) is 0 Å². The lowest BCUT2D eigenvalue weighted by Crippen LogP contribution is -2.42. The summed E-state index contributed by atoms with van der Waals surface area (Å²) in [5, 5.41) is 0. The zero-order valence-electron chi connectivity index (χ0n) is 13.1. The fraction of sp³-hybridized carbons (Fsp3) is 0.529. The summed E-state index contributed by atoms with van der Waals surface area (Å²) >= 11 is 2.05. The predicted molar refractivity (Wildman–Crippen MR) is 90.7 cm³/mol. The molecule has 0 amide bonds. The Bertz CT molecular complexity index is 545. The van der Waals surface area contributed by atoms with Crippen LogP contribution in [0.25, 0.3) is 0 Å². The number of benzene rings is 1. The highest BCUT2D eigenvalue weighted by Crippen LogP contribution is 2.30. The van der Waals surface area contributed by atoms with Crippen molar-refractivity contribution in [3.8, 4) is 17.6 Å². The van der Waals surface area contributed by atoms with Crippen molar-refractivity contribution in [3.63, 3.8) is 0 Å². The fourth-order valence-corrected chi connectivity index (χ4v) is 3.76. The Kier molecular flexibility index (Phi) is 5.58. The molecule has 1 aromatic rings. The third-order valence-electron chi connectivity index (χ3n) is 3.54. The zero-order valence-corrected chi connectivity index (χ0v) is 13.9. The van der Waals surface area contributed by atoms with Crippen molar-refractivity contribution in [1.29, 1.82) is 0 Å². The quantitative estimate of drug-likeness (QED) is 0.870. The van der Waals surface area contributed by atoms with Gasteiger partial charge >= 0.3 is 0 Å². The molecule has 1 aliphatic heterocycles. The van der Waals surface area contributed by atoms with Gasteiger partial charge < -0.3 is 10.5 Å². The summed E-state index contributed by atoms with van der Waals surface area (Å²) in [6.07, 6.45) is 0. The van der Waals surface area contributed by atoms with E-state index in [-0.39, 0.29) is 0 Å². The standard InChI is InChI=1S/C17H24N2OS/c1-17(2)13-19(9-10-21-17)12-15-11-16(20-3)7-6-14(15)5-4-8-18/h6-7,11H,8-10,12-13,18H2,1-3H3. The summed E-state index contributed by atoms with van der Waals surface area (Å²) in [6.45, 7) is 8.14. The molecule has 4 heteroatoms. The van der Waals surface area contributed by atoms with E-state index < -0.39 is 0 Å². The first kappa shape index (κ1) is 16.2. The molecule has 1 aromatic carbocycles. The zero-order chi connectivity index (χ0) is 15.3. The largest absolute Gasteiger partial charge is 0.497 e. The second-order valence-electron chi connectivity index (χ2n) is 5.85. The Morgan fingerprint density at radius 3 is 2.90 bits per heavy atom. The number of nitrogens with zero attached hydrogens (tertiary/aromatic N) is 1. The van der Waals surface area contributed by atoms with Gasteiger partial charge in [-0.25, -0.2) is 0 Å². The van der Waals surface area contributed by atoms with Gasteiger partial charge in [0, 0.05) is 35.7 Å². The molecule has 0 bridgehead atoms. The molecule has 1 fully saturated rings. The molecule has 0 atom stereocenters. The summed E-state index contributed by atoms with van der Waals surface area (Å²) in [6, 6.07) is 6.08. The molecule has 3 nitrogen and oxygen atoms in total. The van der Waals surface area contributed by atoms with Crippen LogP contribution in [0, 0.1) is 11.8 Å². The van der Waals surface area contributed by atoms with Gasteiger partial charge in [0.15, 0.2) is 0 Å². The first-order valence-corrected chi connectivity index (χ1v) is 8.25. The molecule has 0 saturated carbocycles. The van der Waals surface area contributed by atoms with Gasteiger partial charge in [0.05, 0.1) is 13.7 Å². The molecule has 114 valence electrons. The molecule has 1 saturated heterocycles. The van der Waals surface area contributed by atoms with Crippen LogP contribution in [0.3, 0.4) is 0 Å². The Labute approximate surface area is 132 Å². The number of thioether (sulfide) groups is 1. The van der Waals surface area contributed by atoms with Gasteiger partial charge in [-0.15, -0.1) is 0 Å². The topological polar surface area (TPSA) is 38.5 Å². The fourth-order valence-electron chi connectivity index (χ4n) is 2.59. The van der Waals surface area contributed by atoms with Crippen LogP contribution < -0.4 is 10.5 Å². The number of rotatable bonds is 3. The molecule has 0 unspecified atom stereocenters. The van der Waals surface area contributed by atoms with Crippen molar-refractivity contribution >= 4 is 11.8 Å². The lowest BCUT2D eigenvalue weighted by Gasteiger charge is -2.37. The Morgan fingerprint density at radius 1 is 1.43 bits per heavy atom. The van der Waals surface area contributed by atoms with Gasteiger partial charge in [0.1, 0.15) is 5.75 Å². The van der Waals surface area contributed by atoms with Crippen molar-refractivity contribution in [1.82, 2.24) is 4.90 Å². The normalized spacial score (nSPS) is 17.9. The van der Waals surface area contributed by atoms with E-state index in [1.54, 1.807) is 7.11 Å². The second kappa shape index (κ2) is 7.22. The third kappa shape index (κ3) is 4.67. The summed E-state index contributed by atoms with van der Waals surface area (Å²) in [5.41, 5.74) is 7.76. The number of ether oxygens (including phenoxy) is 1. The van der Waals surface area contributed by atoms with Crippen LogP contribution in [0.5, 0.6) is 5.75 Å². The van der Waals surface area contributed by atoms with Crippen LogP contribution in [-0.4, -0.2) is 42.1 Å². The maximum atomic E-state index is 5.49. The highest BCUT2D eigenvalue weighted by molar-refractivity contribution is 8.00. The monoisotopic (exact) mass is 304 g/mol. The molecule has 2 N–H and O–H groups in total. The molecule has 0 aliphatic carbocycles. The Morgan fingerprint density at radius 2 is 2.24 bits per heavy atom. The summed E-state index contributed by atoms with van der Waals surface area (Å²) in [4.78, 5) is 2.50. The first-order valence-electron chi connectivity index (χ1n) is 7.26. The van der Waals surface area contributed by atoms with Crippen LogP contribution in [0.1, 0.15) is 25.0 Å². The van der Waals surface area contributed by atoms with E-state index >= 15 is 0 Å². The SMILES string of the molecule is COc1ccc(C#CCN)c(CN2CCSC(C)(C)C2)c1. The van der Waals surface area contributed by atoms with Crippen LogP contribution >= 0.6 is 11.8 Å². The van der Waals surface area contributed by atoms with Gasteiger partial charge in [-0.3, -0.25) is 4.90 Å². The van der Waals surface area contributed by atoms with Gasteiger partial charge in [0.25, 0.3) is 0 Å². The van der Waals surface area contributed by atoms with Crippen LogP contribution in [0.15, 0.2) is 18.2 Å². The van der Waals surface area contributed by atoms with E-state index in [1.807, 2.05) is 23.9 Å². The molecule has 2 rings (SSSR count). The number of hydrogen-bond acceptors (Lipinski definition) is 4. The minimum Gasteiger partial charge on any atom is -0.497 e. The molecule has 0 radical (unpaired) electrons. The van der Waals surface area contributed by atoms with Gasteiger partial charge in [-0.2, -0.15) is 11.8 Å². The highest BCUT2D eigenvalue weighted by Gasteiger charge is 2.27. The van der Waals surface area contributed by atoms with Gasteiger partial charge in [-0.1, -0.05) is 11.8 Å². The van der Waals surface area contributed by atoms with E-state index in [0.717, 1.165) is 30.9 Å². The molecular formula is C17H24N2OS. The van der Waals surface area contributed by atoms with Crippen molar-refractivity contribution < 1.29 is 4.74 Å². The van der Waals surface area contributed by atoms with Crippen molar-refractivity contribution in [2.24, 2.45) is 5.73 Å². The highest BCUT2D eigenvalue weighted by atomic mass is 32.2. The molecule has 21 heavy (non-hydrogen) atoms. The van der Waals surface area contributed by atoms with E-state index in [0.29, 0.717) is 11.3 Å². The minimum atomic E-state index is 0.320. The average Bonchev–Trinajstić information content (AvgIpc) is 2.45. The van der Waals surface area contributed by atoms with Crippen molar-refractivity contribution in [2.75, 3.05) is 32.5 Å². The van der Waals surface area contributed by atoms with Gasteiger partial charge in [-0.05, 0) is 37.6 Å². The summed E-state index contributed by atoms with van der Waals surface area (Å²) < 4.78 is 5.67. The van der Waals surface area contributed by atoms with Crippen molar-refractivity contribution in [3.05, 3.63) is 29.3 Å². The van der Waals surface area contributed by atoms with E-state index in [9.17, 15) is 0 Å². The van der Waals surface area contributed by atoms with Crippen molar-refractivity contribution in [2.45, 2.75) is 25.1 Å². The Balaban J connectivity index is 2.20. The lowest BCUT2D eigenvalue weighted by molar-refractivity contribution is 0.252. The molecule has 0 spiro atoms. The maximum absolute atomic E-state index is 5.49. The first-order chi connectivity index (χ1) is 10.0. The maximum Gasteiger partial charge on any atom is 0.119 e. The van der Waals surface area contributed by atoms with Crippen LogP contribution in [0.4, 0.5) is 0 Å². The summed E-state index contributed by atoms with van der Waals surface area (Å²) in [5.74, 6) is 8.19.